The molecule has 0 radical (unpaired) electrons. The lowest BCUT2D eigenvalue weighted by atomic mass is 10.0. The lowest BCUT2D eigenvalue weighted by Crippen LogP contribution is -2.31. The van der Waals surface area contributed by atoms with E-state index in [0.717, 1.165) is 9.87 Å². The van der Waals surface area contributed by atoms with E-state index in [2.05, 4.69) is 5.32 Å². The highest BCUT2D eigenvalue weighted by atomic mass is 35.5. The maximum atomic E-state index is 13.8. The van der Waals surface area contributed by atoms with E-state index in [1.807, 2.05) is 30.3 Å². The Bertz CT molecular complexity index is 1480. The molecule has 0 heterocycles. The van der Waals surface area contributed by atoms with Gasteiger partial charge in [-0.2, -0.15) is 0 Å². The predicted molar refractivity (Wildman–Crippen MR) is 144 cm³/mol. The summed E-state index contributed by atoms with van der Waals surface area (Å²) < 4.78 is 27.0. The van der Waals surface area contributed by atoms with Crippen molar-refractivity contribution in [2.24, 2.45) is 0 Å². The van der Waals surface area contributed by atoms with Gasteiger partial charge in [0.15, 0.2) is 11.0 Å². The topological polar surface area (TPSA) is 107 Å². The Hall–Kier alpha value is -2.71. The molecule has 4 aromatic carbocycles. The molecule has 0 fully saturated rings. The summed E-state index contributed by atoms with van der Waals surface area (Å²) in [6.45, 7) is 0.234. The van der Waals surface area contributed by atoms with Crippen LogP contribution in [0.25, 0.3) is 10.8 Å². The molecular weight excluding hydrogens is 542 g/mol. The summed E-state index contributed by atoms with van der Waals surface area (Å²) in [5.41, 5.74) is 1.10. The molecule has 4 rings (SSSR count). The zero-order valence-corrected chi connectivity index (χ0v) is 21.9. The van der Waals surface area contributed by atoms with Crippen LogP contribution in [0, 0.1) is 0 Å². The summed E-state index contributed by atoms with van der Waals surface area (Å²) in [5.74, 6) is -0.489. The Morgan fingerprint density at radius 3 is 2.22 bits per heavy atom. The van der Waals surface area contributed by atoms with Crippen LogP contribution in [-0.4, -0.2) is 26.2 Å². The minimum Gasteiger partial charge on any atom is -0.348 e. The van der Waals surface area contributed by atoms with Crippen LogP contribution in [0.4, 0.5) is 5.69 Å². The van der Waals surface area contributed by atoms with Crippen LogP contribution in [0.1, 0.15) is 15.9 Å². The number of nitrogens with zero attached hydrogens (tertiary/aromatic N) is 1. The van der Waals surface area contributed by atoms with E-state index in [9.17, 15) is 23.4 Å². The Kier molecular flexibility index (Phi) is 8.15. The molecule has 4 aromatic rings. The Morgan fingerprint density at radius 2 is 1.56 bits per heavy atom. The monoisotopic (exact) mass is 562 g/mol. The minimum absolute atomic E-state index is 0.111. The molecule has 1 amide bonds. The van der Waals surface area contributed by atoms with E-state index in [1.54, 1.807) is 36.4 Å². The predicted octanol–water partition coefficient (Wildman–Crippen LogP) is 5.74. The number of rotatable bonds is 8. The number of amides is 1. The second kappa shape index (κ2) is 11.1. The molecule has 36 heavy (non-hydrogen) atoms. The largest absolute Gasteiger partial charge is 0.348 e. The average molecular weight is 563 g/mol. The summed E-state index contributed by atoms with van der Waals surface area (Å²) in [6.07, 6.45) is -0.906. The van der Waals surface area contributed by atoms with E-state index >= 15 is 0 Å². The van der Waals surface area contributed by atoms with Gasteiger partial charge in [0.05, 0.1) is 16.1 Å². The van der Waals surface area contributed by atoms with Crippen molar-refractivity contribution in [1.29, 1.82) is 0 Å². The fraction of sp³-hybridized carbons (Fsp3) is 0.0800. The van der Waals surface area contributed by atoms with Gasteiger partial charge >= 0.3 is 7.60 Å². The van der Waals surface area contributed by atoms with Gasteiger partial charge in [-0.15, -0.1) is 0 Å². The Labute approximate surface area is 220 Å². The lowest BCUT2D eigenvalue weighted by molar-refractivity contribution is 0.0951. The Morgan fingerprint density at radius 1 is 0.917 bits per heavy atom. The van der Waals surface area contributed by atoms with Crippen LogP contribution in [0.2, 0.25) is 10.0 Å². The first-order chi connectivity index (χ1) is 17.1. The van der Waals surface area contributed by atoms with Gasteiger partial charge in [-0.25, -0.2) is 4.21 Å². The van der Waals surface area contributed by atoms with Gasteiger partial charge in [-0.1, -0.05) is 83.9 Å². The number of anilines is 1. The molecule has 0 aliphatic carbocycles. The maximum absolute atomic E-state index is 13.8. The highest BCUT2D eigenvalue weighted by Crippen LogP contribution is 2.42. The molecule has 0 aliphatic heterocycles. The first-order valence-electron chi connectivity index (χ1n) is 10.7. The van der Waals surface area contributed by atoms with Crippen molar-refractivity contribution >= 4 is 64.2 Å². The van der Waals surface area contributed by atoms with Crippen molar-refractivity contribution in [3.8, 4) is 0 Å². The van der Waals surface area contributed by atoms with Crippen LogP contribution in [0.5, 0.6) is 0 Å². The third-order valence-corrected chi connectivity index (χ3v) is 7.87. The molecule has 1 atom stereocenters. The van der Waals surface area contributed by atoms with Crippen LogP contribution in [-0.2, 0) is 22.1 Å². The number of hydrogen-bond donors (Lipinski definition) is 3. The average Bonchev–Trinajstić information content (AvgIpc) is 2.84. The second-order valence-corrected chi connectivity index (χ2v) is 11.8. The first-order valence-corrected chi connectivity index (χ1v) is 14.3. The van der Waals surface area contributed by atoms with E-state index in [-0.39, 0.29) is 32.7 Å². The number of hydrogen-bond acceptors (Lipinski definition) is 3. The van der Waals surface area contributed by atoms with E-state index in [4.69, 9.17) is 23.2 Å². The van der Waals surface area contributed by atoms with Crippen LogP contribution < -0.4 is 9.62 Å². The fourth-order valence-corrected chi connectivity index (χ4v) is 6.79. The van der Waals surface area contributed by atoms with E-state index in [1.165, 1.54) is 18.2 Å². The lowest BCUT2D eigenvalue weighted by Gasteiger charge is -2.27. The minimum atomic E-state index is -4.74. The van der Waals surface area contributed by atoms with Gasteiger partial charge in [-0.3, -0.25) is 13.7 Å². The van der Waals surface area contributed by atoms with E-state index in [0.29, 0.717) is 10.8 Å². The number of nitrogens with one attached hydrogen (secondary N) is 1. The summed E-state index contributed by atoms with van der Waals surface area (Å²) in [5, 5.41) is 4.45. The molecule has 0 saturated carbocycles. The molecule has 1 unspecified atom stereocenters. The number of fused-ring (bicyclic) bond motifs is 1. The molecule has 11 heteroatoms. The molecule has 0 bridgehead atoms. The van der Waals surface area contributed by atoms with Crippen molar-refractivity contribution in [2.45, 2.75) is 11.4 Å². The first kappa shape index (κ1) is 26.4. The van der Waals surface area contributed by atoms with Gasteiger partial charge < -0.3 is 15.1 Å². The summed E-state index contributed by atoms with van der Waals surface area (Å²) >= 11 is 12.2. The highest BCUT2D eigenvalue weighted by Gasteiger charge is 2.30. The van der Waals surface area contributed by atoms with Crippen LogP contribution in [0.15, 0.2) is 89.8 Å². The molecule has 0 aliphatic rings. The molecular formula is C25H21Cl2N2O5PS. The van der Waals surface area contributed by atoms with Crippen molar-refractivity contribution in [3.63, 3.8) is 0 Å². The van der Waals surface area contributed by atoms with Gasteiger partial charge in [0.1, 0.15) is 6.29 Å². The van der Waals surface area contributed by atoms with E-state index < -0.39 is 30.8 Å². The quantitative estimate of drug-likeness (QED) is 0.237. The number of carbonyl (C=O) groups excluding carboxylic acids is 1. The number of benzene rings is 4. The number of halogens is 2. The molecule has 7 nitrogen and oxygen atoms in total. The summed E-state index contributed by atoms with van der Waals surface area (Å²) in [4.78, 5) is 33.3. The second-order valence-electron chi connectivity index (χ2n) is 7.89. The standard InChI is InChI=1S/C25H21Cl2N2O5PS/c26-19-12-20(27)14-21(13-19)36(34)29(16-35(31,32)33)24-22-9-5-4-8-18(22)10-11-23(24)25(30)28-15-17-6-2-1-3-7-17/h1-14H,15-16H2,(H,28,30)(H2,31,32,33). The molecule has 0 saturated heterocycles. The molecule has 0 spiro atoms. The normalized spacial score (nSPS) is 12.3. The van der Waals surface area contributed by atoms with Crippen LogP contribution >= 0.6 is 30.8 Å². The third kappa shape index (κ3) is 6.34. The summed E-state index contributed by atoms with van der Waals surface area (Å²) in [6, 6.07) is 23.8. The number of carbonyl (C=O) groups is 1. The SMILES string of the molecule is O=C(NCc1ccccc1)c1ccc2ccccc2c1N(CP(=O)(O)O)S(=O)c1cc(Cl)cc(Cl)c1. The molecule has 186 valence electrons. The smallest absolute Gasteiger partial charge is 0.345 e. The maximum Gasteiger partial charge on any atom is 0.345 e. The van der Waals surface area contributed by atoms with Gasteiger partial charge in [-0.05, 0) is 35.2 Å². The molecule has 3 N–H and O–H groups in total. The molecule has 0 aromatic heterocycles. The van der Waals surface area contributed by atoms with Crippen molar-refractivity contribution in [3.05, 3.63) is 106 Å². The zero-order valence-electron chi connectivity index (χ0n) is 18.7. The van der Waals surface area contributed by atoms with Crippen molar-refractivity contribution < 1.29 is 23.4 Å². The van der Waals surface area contributed by atoms with Crippen molar-refractivity contribution in [1.82, 2.24) is 5.32 Å². The van der Waals surface area contributed by atoms with Gasteiger partial charge in [0.2, 0.25) is 0 Å². The van der Waals surface area contributed by atoms with Crippen LogP contribution in [0.3, 0.4) is 0 Å². The fourth-order valence-electron chi connectivity index (χ4n) is 3.71. The zero-order chi connectivity index (χ0) is 25.9. The highest BCUT2D eigenvalue weighted by molar-refractivity contribution is 7.87. The van der Waals surface area contributed by atoms with Gasteiger partial charge in [0.25, 0.3) is 5.91 Å². The van der Waals surface area contributed by atoms with Crippen molar-refractivity contribution in [2.75, 3.05) is 10.6 Å². The van der Waals surface area contributed by atoms with Gasteiger partial charge in [0, 0.05) is 22.0 Å². The third-order valence-electron chi connectivity index (χ3n) is 5.24. The Balaban J connectivity index is 1.86. The summed E-state index contributed by atoms with van der Waals surface area (Å²) in [7, 11) is -6.91.